The number of ether oxygens (including phenoxy) is 2. The second kappa shape index (κ2) is 7.93. The van der Waals surface area contributed by atoms with Crippen molar-refractivity contribution in [2.75, 3.05) is 18.3 Å². The van der Waals surface area contributed by atoms with Crippen LogP contribution >= 0.6 is 0 Å². The summed E-state index contributed by atoms with van der Waals surface area (Å²) in [6.07, 6.45) is -0.669. The molecule has 3 aromatic rings. The van der Waals surface area contributed by atoms with E-state index >= 15 is 0 Å². The van der Waals surface area contributed by atoms with Gasteiger partial charge in [-0.05, 0) is 44.0 Å². The number of sulfonamides is 1. The molecule has 0 bridgehead atoms. The van der Waals surface area contributed by atoms with Gasteiger partial charge in [-0.25, -0.2) is 18.1 Å². The molecule has 0 spiro atoms. The minimum absolute atomic E-state index is 0.0212. The van der Waals surface area contributed by atoms with Crippen LogP contribution in [0.4, 0.5) is 10.2 Å². The molecule has 0 aliphatic carbocycles. The number of halogens is 1. The van der Waals surface area contributed by atoms with Crippen LogP contribution in [0.5, 0.6) is 11.5 Å². The van der Waals surface area contributed by atoms with Gasteiger partial charge in [0.2, 0.25) is 16.8 Å². The van der Waals surface area contributed by atoms with E-state index in [-0.39, 0.29) is 42.1 Å². The van der Waals surface area contributed by atoms with Crippen LogP contribution in [-0.4, -0.2) is 46.5 Å². The quantitative estimate of drug-likeness (QED) is 0.517. The predicted molar refractivity (Wildman–Crippen MR) is 112 cm³/mol. The fourth-order valence-electron chi connectivity index (χ4n) is 3.49. The summed E-state index contributed by atoms with van der Waals surface area (Å²) in [6, 6.07) is 3.49. The molecule has 4 rings (SSSR count). The van der Waals surface area contributed by atoms with Crippen molar-refractivity contribution >= 4 is 27.0 Å². The number of imidazole rings is 1. The standard InChI is InChI=1S/C19H23FN6O4S/c1-10(2)25-31(27,28)5-4-26-15(22-16-17(21)23-19(20)24-18(16)26)8-12-7-14-13(6-11(12)3)29-9-30-14/h6-7,10,25H,4-5,8-9H2,1-3H3,(H2,21,23,24). The van der Waals surface area contributed by atoms with Gasteiger partial charge in [0.1, 0.15) is 5.82 Å². The number of benzene rings is 1. The predicted octanol–water partition coefficient (Wildman–Crippen LogP) is 1.50. The zero-order chi connectivity index (χ0) is 22.3. The fourth-order valence-corrected chi connectivity index (χ4v) is 4.74. The highest BCUT2D eigenvalue weighted by Gasteiger charge is 2.22. The maximum absolute atomic E-state index is 13.9. The molecule has 0 amide bonds. The second-order valence-electron chi connectivity index (χ2n) is 7.63. The van der Waals surface area contributed by atoms with E-state index in [2.05, 4.69) is 19.7 Å². The molecule has 1 aliphatic heterocycles. The molecule has 3 heterocycles. The molecule has 1 aliphatic rings. The lowest BCUT2D eigenvalue weighted by Crippen LogP contribution is -2.33. The Hall–Kier alpha value is -2.99. The first-order chi connectivity index (χ1) is 14.6. The van der Waals surface area contributed by atoms with E-state index in [1.54, 1.807) is 18.4 Å². The number of nitrogen functional groups attached to an aromatic ring is 1. The van der Waals surface area contributed by atoms with E-state index in [0.29, 0.717) is 23.7 Å². The van der Waals surface area contributed by atoms with Crippen LogP contribution in [0.1, 0.15) is 30.8 Å². The van der Waals surface area contributed by atoms with E-state index in [4.69, 9.17) is 15.2 Å². The maximum atomic E-state index is 13.9. The summed E-state index contributed by atoms with van der Waals surface area (Å²) in [5.74, 6) is 1.45. The Balaban J connectivity index is 1.74. The minimum Gasteiger partial charge on any atom is -0.454 e. The number of aromatic nitrogens is 4. The number of nitrogens with two attached hydrogens (primary N) is 1. The number of anilines is 1. The lowest BCUT2D eigenvalue weighted by molar-refractivity contribution is 0.174. The van der Waals surface area contributed by atoms with Crippen LogP contribution in [0.15, 0.2) is 12.1 Å². The number of fused-ring (bicyclic) bond motifs is 2. The van der Waals surface area contributed by atoms with Gasteiger partial charge in [-0.3, -0.25) is 0 Å². The van der Waals surface area contributed by atoms with Crippen LogP contribution in [0.3, 0.4) is 0 Å². The SMILES string of the molecule is Cc1cc2c(cc1Cc1nc3c(N)nc(F)nc3n1CCS(=O)(=O)NC(C)C)OCO2. The number of nitrogens with zero attached hydrogens (tertiary/aromatic N) is 4. The molecular formula is C19H23FN6O4S. The van der Waals surface area contributed by atoms with Gasteiger partial charge in [0.05, 0.1) is 5.75 Å². The van der Waals surface area contributed by atoms with Crippen molar-refractivity contribution in [3.63, 3.8) is 0 Å². The first-order valence-electron chi connectivity index (χ1n) is 9.70. The molecule has 0 saturated heterocycles. The average molecular weight is 450 g/mol. The van der Waals surface area contributed by atoms with Crippen molar-refractivity contribution in [1.82, 2.24) is 24.2 Å². The highest BCUT2D eigenvalue weighted by Crippen LogP contribution is 2.35. The summed E-state index contributed by atoms with van der Waals surface area (Å²) in [7, 11) is -3.56. The first kappa shape index (κ1) is 21.2. The molecule has 10 nitrogen and oxygen atoms in total. The summed E-state index contributed by atoms with van der Waals surface area (Å²) in [5.41, 5.74) is 8.07. The summed E-state index contributed by atoms with van der Waals surface area (Å²) in [6.45, 7) is 5.58. The van der Waals surface area contributed by atoms with E-state index in [0.717, 1.165) is 11.1 Å². The van der Waals surface area contributed by atoms with Gasteiger partial charge in [-0.15, -0.1) is 0 Å². The van der Waals surface area contributed by atoms with Crippen LogP contribution < -0.4 is 19.9 Å². The van der Waals surface area contributed by atoms with Crippen LogP contribution in [0, 0.1) is 13.0 Å². The smallest absolute Gasteiger partial charge is 0.312 e. The number of nitrogens with one attached hydrogen (secondary N) is 1. The van der Waals surface area contributed by atoms with Crippen molar-refractivity contribution in [3.8, 4) is 11.5 Å². The molecule has 3 N–H and O–H groups in total. The Kier molecular flexibility index (Phi) is 5.43. The van der Waals surface area contributed by atoms with Crippen molar-refractivity contribution in [3.05, 3.63) is 35.2 Å². The molecule has 0 radical (unpaired) electrons. The van der Waals surface area contributed by atoms with Crippen molar-refractivity contribution in [1.29, 1.82) is 0 Å². The van der Waals surface area contributed by atoms with Gasteiger partial charge in [-0.2, -0.15) is 14.4 Å². The first-order valence-corrected chi connectivity index (χ1v) is 11.4. The van der Waals surface area contributed by atoms with Crippen LogP contribution in [0.25, 0.3) is 11.2 Å². The Bertz CT molecular complexity index is 1260. The highest BCUT2D eigenvalue weighted by molar-refractivity contribution is 7.89. The number of hydrogen-bond donors (Lipinski definition) is 2. The van der Waals surface area contributed by atoms with Crippen molar-refractivity contribution < 1.29 is 22.3 Å². The molecule has 2 aromatic heterocycles. The van der Waals surface area contributed by atoms with Crippen LogP contribution in [0.2, 0.25) is 0 Å². The largest absolute Gasteiger partial charge is 0.454 e. The Morgan fingerprint density at radius 3 is 2.65 bits per heavy atom. The molecular weight excluding hydrogens is 427 g/mol. The molecule has 12 heteroatoms. The lowest BCUT2D eigenvalue weighted by Gasteiger charge is -2.13. The number of hydrogen-bond acceptors (Lipinski definition) is 8. The van der Waals surface area contributed by atoms with E-state index in [1.165, 1.54) is 0 Å². The topological polar surface area (TPSA) is 134 Å². The second-order valence-corrected chi connectivity index (χ2v) is 9.50. The zero-order valence-electron chi connectivity index (χ0n) is 17.3. The van der Waals surface area contributed by atoms with Gasteiger partial charge in [0.25, 0.3) is 0 Å². The molecule has 0 saturated carbocycles. The fraction of sp³-hybridized carbons (Fsp3) is 0.421. The molecule has 0 unspecified atom stereocenters. The maximum Gasteiger partial charge on any atom is 0.312 e. The Labute approximate surface area is 178 Å². The summed E-state index contributed by atoms with van der Waals surface area (Å²) < 4.78 is 53.5. The van der Waals surface area contributed by atoms with Gasteiger partial charge < -0.3 is 19.8 Å². The third-order valence-electron chi connectivity index (χ3n) is 4.85. The monoisotopic (exact) mass is 450 g/mol. The number of aryl methyl sites for hydroxylation is 2. The molecule has 31 heavy (non-hydrogen) atoms. The summed E-state index contributed by atoms with van der Waals surface area (Å²) in [5, 5.41) is 0. The summed E-state index contributed by atoms with van der Waals surface area (Å²) in [4.78, 5) is 11.9. The normalized spacial score (nSPS) is 13.5. The molecule has 0 fully saturated rings. The molecule has 0 atom stereocenters. The van der Waals surface area contributed by atoms with E-state index in [1.807, 2.05) is 19.1 Å². The zero-order valence-corrected chi connectivity index (χ0v) is 18.2. The van der Waals surface area contributed by atoms with Gasteiger partial charge in [0, 0.05) is 19.0 Å². The highest BCUT2D eigenvalue weighted by atomic mass is 32.2. The van der Waals surface area contributed by atoms with Crippen LogP contribution in [-0.2, 0) is 23.0 Å². The lowest BCUT2D eigenvalue weighted by atomic mass is 10.0. The molecule has 166 valence electrons. The average Bonchev–Trinajstić information content (AvgIpc) is 3.23. The molecule has 1 aromatic carbocycles. The van der Waals surface area contributed by atoms with Crippen molar-refractivity contribution in [2.45, 2.75) is 39.8 Å². The van der Waals surface area contributed by atoms with Crippen molar-refractivity contribution in [2.24, 2.45) is 0 Å². The third kappa shape index (κ3) is 4.39. The Morgan fingerprint density at radius 2 is 1.94 bits per heavy atom. The number of rotatable bonds is 7. The van der Waals surface area contributed by atoms with Gasteiger partial charge in [0.15, 0.2) is 28.5 Å². The van der Waals surface area contributed by atoms with Gasteiger partial charge >= 0.3 is 6.08 Å². The third-order valence-corrected chi connectivity index (χ3v) is 6.40. The van der Waals surface area contributed by atoms with E-state index < -0.39 is 16.1 Å². The van der Waals surface area contributed by atoms with E-state index in [9.17, 15) is 12.8 Å². The minimum atomic E-state index is -3.56. The Morgan fingerprint density at radius 1 is 1.23 bits per heavy atom. The van der Waals surface area contributed by atoms with Gasteiger partial charge in [-0.1, -0.05) is 0 Å². The summed E-state index contributed by atoms with van der Waals surface area (Å²) >= 11 is 0.